The topological polar surface area (TPSA) is 13.8 Å². The average molecular weight is 410 g/mol. The van der Waals surface area contributed by atoms with E-state index in [1.807, 2.05) is 24.3 Å². The van der Waals surface area contributed by atoms with Gasteiger partial charge in [-0.15, -0.1) is 0 Å². The SMILES string of the molecule is Cn1c2c(c3c1CC[NH+](C)C3c1ccccc1F)C(c1ccccc1F)[NH+](C)CC2. The van der Waals surface area contributed by atoms with Crippen LogP contribution in [0.15, 0.2) is 48.5 Å². The highest BCUT2D eigenvalue weighted by atomic mass is 19.1. The Hall–Kier alpha value is -2.50. The summed E-state index contributed by atoms with van der Waals surface area (Å²) in [7, 11) is 6.43. The van der Waals surface area contributed by atoms with Crippen LogP contribution in [0.5, 0.6) is 0 Å². The molecule has 0 saturated carbocycles. The third kappa shape index (κ3) is 2.83. The van der Waals surface area contributed by atoms with Crippen LogP contribution in [0.25, 0.3) is 0 Å². The zero-order valence-electron chi connectivity index (χ0n) is 17.8. The number of nitrogens with zero attached hydrogens (tertiary/aromatic N) is 1. The Morgan fingerprint density at radius 3 is 1.53 bits per heavy atom. The van der Waals surface area contributed by atoms with E-state index in [1.54, 1.807) is 24.3 Å². The van der Waals surface area contributed by atoms with Crippen LogP contribution in [-0.2, 0) is 19.9 Å². The average Bonchev–Trinajstić information content (AvgIpc) is 3.02. The van der Waals surface area contributed by atoms with Crippen LogP contribution in [0.3, 0.4) is 0 Å². The second-order valence-electron chi connectivity index (χ2n) is 8.88. The summed E-state index contributed by atoms with van der Waals surface area (Å²) in [5.41, 5.74) is 6.48. The van der Waals surface area contributed by atoms with Crippen molar-refractivity contribution in [3.63, 3.8) is 0 Å². The summed E-state index contributed by atoms with van der Waals surface area (Å²) in [6.45, 7) is 1.91. The molecular weight excluding hydrogens is 380 g/mol. The molecule has 30 heavy (non-hydrogen) atoms. The Morgan fingerprint density at radius 2 is 1.13 bits per heavy atom. The number of likely N-dealkylation sites (N-methyl/N-ethyl adjacent to an activating group) is 2. The fraction of sp³-hybridized carbons (Fsp3) is 0.360. The van der Waals surface area contributed by atoms with Gasteiger partial charge in [-0.2, -0.15) is 0 Å². The van der Waals surface area contributed by atoms with Crippen molar-refractivity contribution in [1.29, 1.82) is 0 Å². The van der Waals surface area contributed by atoms with Crippen molar-refractivity contribution in [2.75, 3.05) is 27.2 Å². The molecule has 1 aromatic heterocycles. The van der Waals surface area contributed by atoms with Gasteiger partial charge in [-0.1, -0.05) is 24.3 Å². The lowest BCUT2D eigenvalue weighted by molar-refractivity contribution is -0.912. The maximum Gasteiger partial charge on any atom is 0.144 e. The Morgan fingerprint density at radius 1 is 0.733 bits per heavy atom. The Kier molecular flexibility index (Phi) is 4.75. The van der Waals surface area contributed by atoms with Crippen LogP contribution in [0.4, 0.5) is 8.78 Å². The van der Waals surface area contributed by atoms with Crippen LogP contribution in [0.1, 0.15) is 45.7 Å². The van der Waals surface area contributed by atoms with E-state index in [9.17, 15) is 8.78 Å². The van der Waals surface area contributed by atoms with Crippen LogP contribution >= 0.6 is 0 Å². The maximum absolute atomic E-state index is 15.0. The van der Waals surface area contributed by atoms with Crippen molar-refractivity contribution < 1.29 is 18.6 Å². The van der Waals surface area contributed by atoms with Gasteiger partial charge in [0.15, 0.2) is 0 Å². The number of hydrogen-bond donors (Lipinski definition) is 2. The highest BCUT2D eigenvalue weighted by Gasteiger charge is 2.44. The summed E-state index contributed by atoms with van der Waals surface area (Å²) >= 11 is 0. The van der Waals surface area contributed by atoms with E-state index in [4.69, 9.17) is 0 Å². The number of rotatable bonds is 2. The number of halogens is 2. The van der Waals surface area contributed by atoms with Crippen molar-refractivity contribution >= 4 is 0 Å². The summed E-state index contributed by atoms with van der Waals surface area (Å²) in [5.74, 6) is -0.322. The number of hydrogen-bond acceptors (Lipinski definition) is 0. The second kappa shape index (κ2) is 7.33. The van der Waals surface area contributed by atoms with Crippen molar-refractivity contribution in [2.45, 2.75) is 24.9 Å². The molecule has 0 bridgehead atoms. The summed E-state index contributed by atoms with van der Waals surface area (Å²) in [6, 6.07) is 14.1. The molecule has 4 unspecified atom stereocenters. The lowest BCUT2D eigenvalue weighted by atomic mass is 9.83. The molecular formula is C25H29F2N3+2. The van der Waals surface area contributed by atoms with Gasteiger partial charge < -0.3 is 14.4 Å². The fourth-order valence-corrected chi connectivity index (χ4v) is 5.76. The van der Waals surface area contributed by atoms with E-state index >= 15 is 0 Å². The summed E-state index contributed by atoms with van der Waals surface area (Å²) in [4.78, 5) is 2.58. The molecule has 0 radical (unpaired) electrons. The Labute approximate surface area is 176 Å². The molecule has 3 aromatic rings. The Balaban J connectivity index is 1.79. The molecule has 0 fully saturated rings. The molecule has 0 saturated heterocycles. The first-order valence-corrected chi connectivity index (χ1v) is 10.8. The number of nitrogens with one attached hydrogen (secondary N) is 2. The molecule has 5 rings (SSSR count). The van der Waals surface area contributed by atoms with Crippen molar-refractivity contribution in [3.8, 4) is 0 Å². The van der Waals surface area contributed by atoms with E-state index in [-0.39, 0.29) is 23.7 Å². The van der Waals surface area contributed by atoms with Gasteiger partial charge in [-0.25, -0.2) is 8.78 Å². The first-order chi connectivity index (χ1) is 14.5. The first kappa shape index (κ1) is 19.5. The lowest BCUT2D eigenvalue weighted by Crippen LogP contribution is -3.11. The molecule has 2 aliphatic rings. The van der Waals surface area contributed by atoms with Gasteiger partial charge in [-0.3, -0.25) is 0 Å². The smallest absolute Gasteiger partial charge is 0.144 e. The molecule has 0 amide bonds. The van der Waals surface area contributed by atoms with Crippen molar-refractivity contribution in [2.24, 2.45) is 7.05 Å². The van der Waals surface area contributed by atoms with E-state index in [1.165, 1.54) is 32.3 Å². The van der Waals surface area contributed by atoms with Crippen LogP contribution in [0, 0.1) is 11.6 Å². The number of quaternary nitrogens is 2. The number of benzene rings is 2. The van der Waals surface area contributed by atoms with Crippen LogP contribution in [-0.4, -0.2) is 31.8 Å². The highest BCUT2D eigenvalue weighted by Crippen LogP contribution is 2.39. The molecule has 2 N–H and O–H groups in total. The summed E-state index contributed by atoms with van der Waals surface area (Å²) in [6.07, 6.45) is 1.91. The van der Waals surface area contributed by atoms with E-state index in [0.717, 1.165) is 37.1 Å². The van der Waals surface area contributed by atoms with Gasteiger partial charge in [0.2, 0.25) is 0 Å². The van der Waals surface area contributed by atoms with E-state index < -0.39 is 0 Å². The fourth-order valence-electron chi connectivity index (χ4n) is 5.76. The predicted molar refractivity (Wildman–Crippen MR) is 113 cm³/mol. The van der Waals surface area contributed by atoms with Gasteiger partial charge >= 0.3 is 0 Å². The third-order valence-corrected chi connectivity index (χ3v) is 7.23. The molecule has 4 atom stereocenters. The second-order valence-corrected chi connectivity index (χ2v) is 8.88. The molecule has 0 spiro atoms. The number of fused-ring (bicyclic) bond motifs is 3. The normalized spacial score (nSPS) is 25.6. The Bertz CT molecular complexity index is 1020. The highest BCUT2D eigenvalue weighted by molar-refractivity contribution is 5.50. The minimum absolute atomic E-state index is 0.0786. The van der Waals surface area contributed by atoms with Gasteiger partial charge in [0, 0.05) is 53.5 Å². The molecule has 2 aromatic carbocycles. The molecule has 3 nitrogen and oxygen atoms in total. The maximum atomic E-state index is 15.0. The van der Waals surface area contributed by atoms with Gasteiger partial charge in [-0.05, 0) is 24.3 Å². The minimum atomic E-state index is -0.161. The number of aromatic nitrogens is 1. The van der Waals surface area contributed by atoms with E-state index in [0.29, 0.717) is 0 Å². The first-order valence-electron chi connectivity index (χ1n) is 10.8. The summed E-state index contributed by atoms with van der Waals surface area (Å²) < 4.78 is 32.2. The third-order valence-electron chi connectivity index (χ3n) is 7.23. The largest absolute Gasteiger partial charge is 0.350 e. The monoisotopic (exact) mass is 409 g/mol. The van der Waals surface area contributed by atoms with Gasteiger partial charge in [0.25, 0.3) is 0 Å². The lowest BCUT2D eigenvalue weighted by Gasteiger charge is -2.35. The van der Waals surface area contributed by atoms with Gasteiger partial charge in [0.05, 0.1) is 27.2 Å². The van der Waals surface area contributed by atoms with Crippen LogP contribution in [0.2, 0.25) is 0 Å². The molecule has 2 aliphatic heterocycles. The van der Waals surface area contributed by atoms with E-state index in [2.05, 4.69) is 25.7 Å². The van der Waals surface area contributed by atoms with Crippen molar-refractivity contribution in [3.05, 3.63) is 93.8 Å². The molecule has 3 heterocycles. The molecule has 156 valence electrons. The minimum Gasteiger partial charge on any atom is -0.350 e. The predicted octanol–water partition coefficient (Wildman–Crippen LogP) is 1.62. The molecule has 0 aliphatic carbocycles. The zero-order chi connectivity index (χ0) is 21.0. The molecule has 5 heteroatoms. The van der Waals surface area contributed by atoms with Crippen molar-refractivity contribution in [1.82, 2.24) is 4.57 Å². The van der Waals surface area contributed by atoms with Gasteiger partial charge in [0.1, 0.15) is 23.7 Å². The zero-order valence-corrected chi connectivity index (χ0v) is 17.8. The standard InChI is InChI=1S/C25H27F2N3/c1-28-14-12-20-22(24(28)16-8-4-6-10-18(16)26)23-21(30(20)3)13-15-29(2)25(23)17-9-5-7-11-19(17)27/h4-11,24-25H,12-15H2,1-3H3/p+2. The summed E-state index contributed by atoms with van der Waals surface area (Å²) in [5, 5.41) is 0. The quantitative estimate of drug-likeness (QED) is 0.639. The van der Waals surface area contributed by atoms with Crippen LogP contribution < -0.4 is 9.80 Å².